The molecule has 8 heteroatoms. The van der Waals surface area contributed by atoms with Gasteiger partial charge in [0.2, 0.25) is 0 Å². The lowest BCUT2D eigenvalue weighted by molar-refractivity contribution is 0.0698. The van der Waals surface area contributed by atoms with Crippen molar-refractivity contribution in [2.24, 2.45) is 14.1 Å². The second-order valence-corrected chi connectivity index (χ2v) is 7.35. The Bertz CT molecular complexity index is 1410. The number of fused-ring (bicyclic) bond motifs is 1. The van der Waals surface area contributed by atoms with Gasteiger partial charge in [-0.1, -0.05) is 12.1 Å². The zero-order valence-electron chi connectivity index (χ0n) is 17.7. The Hall–Kier alpha value is -4.33. The van der Waals surface area contributed by atoms with E-state index in [1.54, 1.807) is 59.6 Å². The number of aromatic carboxylic acids is 1. The van der Waals surface area contributed by atoms with E-state index in [9.17, 15) is 19.5 Å². The molecule has 4 aromatic rings. The Labute approximate surface area is 183 Å². The number of methoxy groups -OCH3 is 1. The first kappa shape index (κ1) is 20.9. The standard InChI is InChI=1S/C24H21N3O5/c1-26-20-11-7-16(13-21(20)27(2)24(26)31)15-6-10-18(23(29)30)19(12-15)25-22(28)14-4-8-17(32-3)9-5-14/h4-13H,1-3H3,(H,25,28)(H,29,30). The average molecular weight is 431 g/mol. The van der Waals surface area contributed by atoms with Gasteiger partial charge in [0.15, 0.2) is 0 Å². The first-order valence-electron chi connectivity index (χ1n) is 9.78. The number of carbonyl (C=O) groups excluding carboxylic acids is 1. The van der Waals surface area contributed by atoms with Crippen molar-refractivity contribution in [2.45, 2.75) is 0 Å². The fourth-order valence-electron chi connectivity index (χ4n) is 3.64. The van der Waals surface area contributed by atoms with Gasteiger partial charge in [0.1, 0.15) is 5.75 Å². The fraction of sp³-hybridized carbons (Fsp3) is 0.125. The molecule has 1 aromatic heterocycles. The molecule has 0 radical (unpaired) electrons. The molecule has 0 saturated heterocycles. The van der Waals surface area contributed by atoms with Crippen molar-refractivity contribution >= 4 is 28.6 Å². The third-order valence-electron chi connectivity index (χ3n) is 5.46. The van der Waals surface area contributed by atoms with E-state index in [4.69, 9.17) is 4.74 Å². The summed E-state index contributed by atoms with van der Waals surface area (Å²) in [6.45, 7) is 0. The van der Waals surface area contributed by atoms with E-state index < -0.39 is 11.9 Å². The largest absolute Gasteiger partial charge is 0.497 e. The van der Waals surface area contributed by atoms with Crippen LogP contribution in [0.4, 0.5) is 5.69 Å². The maximum absolute atomic E-state index is 12.7. The van der Waals surface area contributed by atoms with Crippen LogP contribution >= 0.6 is 0 Å². The van der Waals surface area contributed by atoms with Gasteiger partial charge < -0.3 is 15.2 Å². The van der Waals surface area contributed by atoms with Gasteiger partial charge in [-0.25, -0.2) is 9.59 Å². The minimum absolute atomic E-state index is 0.0243. The smallest absolute Gasteiger partial charge is 0.337 e. The van der Waals surface area contributed by atoms with Crippen molar-refractivity contribution in [2.75, 3.05) is 12.4 Å². The molecular formula is C24H21N3O5. The molecule has 162 valence electrons. The normalized spacial score (nSPS) is 10.8. The number of hydrogen-bond donors (Lipinski definition) is 2. The Balaban J connectivity index is 1.74. The zero-order chi connectivity index (χ0) is 23.0. The predicted molar refractivity (Wildman–Crippen MR) is 122 cm³/mol. The molecule has 0 atom stereocenters. The molecule has 0 saturated carbocycles. The van der Waals surface area contributed by atoms with Crippen molar-refractivity contribution < 1.29 is 19.4 Å². The minimum atomic E-state index is -1.15. The summed E-state index contributed by atoms with van der Waals surface area (Å²) in [6, 6.07) is 16.8. The summed E-state index contributed by atoms with van der Waals surface area (Å²) >= 11 is 0. The molecule has 1 amide bonds. The second kappa shape index (κ2) is 8.07. The van der Waals surface area contributed by atoms with Gasteiger partial charge in [0.05, 0.1) is 29.4 Å². The summed E-state index contributed by atoms with van der Waals surface area (Å²) in [5.74, 6) is -0.976. The molecule has 0 aliphatic rings. The minimum Gasteiger partial charge on any atom is -0.497 e. The molecule has 4 rings (SSSR count). The fourth-order valence-corrected chi connectivity index (χ4v) is 3.64. The van der Waals surface area contributed by atoms with Gasteiger partial charge in [-0.15, -0.1) is 0 Å². The van der Waals surface area contributed by atoms with Crippen molar-refractivity contribution in [3.05, 3.63) is 82.3 Å². The first-order chi connectivity index (χ1) is 15.3. The highest BCUT2D eigenvalue weighted by Gasteiger charge is 2.16. The molecule has 0 aliphatic carbocycles. The van der Waals surface area contributed by atoms with Crippen molar-refractivity contribution in [3.8, 4) is 16.9 Å². The lowest BCUT2D eigenvalue weighted by Crippen LogP contribution is -2.19. The summed E-state index contributed by atoms with van der Waals surface area (Å²) in [6.07, 6.45) is 0. The molecule has 2 N–H and O–H groups in total. The summed E-state index contributed by atoms with van der Waals surface area (Å²) in [7, 11) is 4.94. The maximum Gasteiger partial charge on any atom is 0.337 e. The van der Waals surface area contributed by atoms with E-state index >= 15 is 0 Å². The van der Waals surface area contributed by atoms with Crippen LogP contribution in [0.25, 0.3) is 22.2 Å². The number of imidazole rings is 1. The predicted octanol–water partition coefficient (Wildman–Crippen LogP) is 3.50. The van der Waals surface area contributed by atoms with Crippen LogP contribution in [-0.2, 0) is 14.1 Å². The van der Waals surface area contributed by atoms with Crippen molar-refractivity contribution in [3.63, 3.8) is 0 Å². The number of carboxylic acid groups (broad SMARTS) is 1. The summed E-state index contributed by atoms with van der Waals surface area (Å²) in [5, 5.41) is 12.3. The number of carbonyl (C=O) groups is 2. The number of rotatable bonds is 5. The third-order valence-corrected chi connectivity index (χ3v) is 5.46. The van der Waals surface area contributed by atoms with E-state index in [-0.39, 0.29) is 16.9 Å². The van der Waals surface area contributed by atoms with Crippen molar-refractivity contribution in [1.29, 1.82) is 0 Å². The monoisotopic (exact) mass is 431 g/mol. The number of anilines is 1. The number of hydrogen-bond acceptors (Lipinski definition) is 4. The number of aromatic nitrogens is 2. The van der Waals surface area contributed by atoms with Gasteiger partial charge in [0.25, 0.3) is 5.91 Å². The first-order valence-corrected chi connectivity index (χ1v) is 9.78. The number of amides is 1. The topological polar surface area (TPSA) is 103 Å². The number of ether oxygens (including phenoxy) is 1. The second-order valence-electron chi connectivity index (χ2n) is 7.35. The van der Waals surface area contributed by atoms with Gasteiger partial charge in [-0.2, -0.15) is 0 Å². The van der Waals surface area contributed by atoms with Gasteiger partial charge in [-0.05, 0) is 59.7 Å². The number of aryl methyl sites for hydroxylation is 2. The van der Waals surface area contributed by atoms with E-state index in [0.29, 0.717) is 16.9 Å². The Morgan fingerprint density at radius 2 is 1.50 bits per heavy atom. The highest BCUT2D eigenvalue weighted by molar-refractivity contribution is 6.08. The highest BCUT2D eigenvalue weighted by Crippen LogP contribution is 2.29. The molecule has 0 fully saturated rings. The van der Waals surface area contributed by atoms with E-state index in [1.807, 2.05) is 18.2 Å². The number of carboxylic acids is 1. The maximum atomic E-state index is 12.7. The number of benzene rings is 3. The van der Waals surface area contributed by atoms with Crippen LogP contribution in [0.2, 0.25) is 0 Å². The molecular weight excluding hydrogens is 410 g/mol. The summed E-state index contributed by atoms with van der Waals surface area (Å²) < 4.78 is 8.21. The quantitative estimate of drug-likeness (QED) is 0.504. The van der Waals surface area contributed by atoms with Gasteiger partial charge in [-0.3, -0.25) is 13.9 Å². The van der Waals surface area contributed by atoms with Crippen LogP contribution in [0.1, 0.15) is 20.7 Å². The SMILES string of the molecule is COc1ccc(C(=O)Nc2cc(-c3ccc4c(c3)n(C)c(=O)n4C)ccc2C(=O)O)cc1. The molecule has 1 heterocycles. The van der Waals surface area contributed by atoms with E-state index in [1.165, 1.54) is 13.2 Å². The summed E-state index contributed by atoms with van der Waals surface area (Å²) in [5.41, 5.74) is 3.42. The Morgan fingerprint density at radius 3 is 2.16 bits per heavy atom. The van der Waals surface area contributed by atoms with Crippen LogP contribution in [-0.4, -0.2) is 33.2 Å². The summed E-state index contributed by atoms with van der Waals surface area (Å²) in [4.78, 5) is 36.6. The average Bonchev–Trinajstić information content (AvgIpc) is 3.02. The van der Waals surface area contributed by atoms with Crippen LogP contribution in [0.3, 0.4) is 0 Å². The lowest BCUT2D eigenvalue weighted by atomic mass is 10.0. The molecule has 0 spiro atoms. The van der Waals surface area contributed by atoms with Crippen LogP contribution in [0.5, 0.6) is 5.75 Å². The van der Waals surface area contributed by atoms with Crippen molar-refractivity contribution in [1.82, 2.24) is 9.13 Å². The molecule has 32 heavy (non-hydrogen) atoms. The number of nitrogens with one attached hydrogen (secondary N) is 1. The lowest BCUT2D eigenvalue weighted by Gasteiger charge is -2.12. The van der Waals surface area contributed by atoms with Gasteiger partial charge >= 0.3 is 11.7 Å². The molecule has 0 unspecified atom stereocenters. The molecule has 3 aromatic carbocycles. The Kier molecular flexibility index (Phi) is 5.28. The Morgan fingerprint density at radius 1 is 0.875 bits per heavy atom. The molecule has 0 bridgehead atoms. The van der Waals surface area contributed by atoms with Crippen LogP contribution < -0.4 is 15.7 Å². The molecule has 8 nitrogen and oxygen atoms in total. The van der Waals surface area contributed by atoms with Crippen LogP contribution in [0, 0.1) is 0 Å². The highest BCUT2D eigenvalue weighted by atomic mass is 16.5. The van der Waals surface area contributed by atoms with Gasteiger partial charge in [0, 0.05) is 19.7 Å². The van der Waals surface area contributed by atoms with E-state index in [0.717, 1.165) is 16.6 Å². The molecule has 0 aliphatic heterocycles. The third kappa shape index (κ3) is 3.62. The zero-order valence-corrected chi connectivity index (χ0v) is 17.7. The number of nitrogens with zero attached hydrogens (tertiary/aromatic N) is 2. The van der Waals surface area contributed by atoms with Crippen LogP contribution in [0.15, 0.2) is 65.5 Å². The van der Waals surface area contributed by atoms with E-state index in [2.05, 4.69) is 5.32 Å².